The van der Waals surface area contributed by atoms with Gasteiger partial charge in [-0.25, -0.2) is 8.78 Å². The summed E-state index contributed by atoms with van der Waals surface area (Å²) in [5.74, 6) is -1.29. The molecular formula is C10H11ClF2N2. The lowest BCUT2D eigenvalue weighted by Crippen LogP contribution is -2.27. The molecule has 15 heavy (non-hydrogen) atoms. The van der Waals surface area contributed by atoms with E-state index in [9.17, 15) is 8.78 Å². The third kappa shape index (κ3) is 2.06. The molecule has 1 saturated heterocycles. The Kier molecular flexibility index (Phi) is 2.80. The van der Waals surface area contributed by atoms with Gasteiger partial charge < -0.3 is 10.6 Å². The smallest absolute Gasteiger partial charge is 0.150 e. The first-order valence-electron chi connectivity index (χ1n) is 4.73. The maximum absolute atomic E-state index is 13.5. The molecule has 0 amide bonds. The molecule has 1 aliphatic heterocycles. The average molecular weight is 233 g/mol. The van der Waals surface area contributed by atoms with Crippen molar-refractivity contribution < 1.29 is 8.78 Å². The molecule has 1 aromatic carbocycles. The standard InChI is InChI=1S/C10H11ClF2N2/c11-8-3-6(12)4-9(13)10(8)15-2-1-7(14)5-15/h3-4,7H,1-2,5,14H2. The van der Waals surface area contributed by atoms with Crippen LogP contribution in [0, 0.1) is 11.6 Å². The monoisotopic (exact) mass is 232 g/mol. The molecule has 0 aromatic heterocycles. The molecule has 0 saturated carbocycles. The lowest BCUT2D eigenvalue weighted by Gasteiger charge is -2.20. The summed E-state index contributed by atoms with van der Waals surface area (Å²) < 4.78 is 26.3. The van der Waals surface area contributed by atoms with Crippen LogP contribution in [0.1, 0.15) is 6.42 Å². The van der Waals surface area contributed by atoms with Crippen molar-refractivity contribution in [3.63, 3.8) is 0 Å². The van der Waals surface area contributed by atoms with E-state index in [1.165, 1.54) is 0 Å². The van der Waals surface area contributed by atoms with Crippen LogP contribution in [0.2, 0.25) is 5.02 Å². The molecule has 0 spiro atoms. The number of anilines is 1. The second kappa shape index (κ2) is 3.94. The highest BCUT2D eigenvalue weighted by Gasteiger charge is 2.24. The quantitative estimate of drug-likeness (QED) is 0.804. The molecule has 1 unspecified atom stereocenters. The van der Waals surface area contributed by atoms with Gasteiger partial charge in [-0.05, 0) is 12.5 Å². The Morgan fingerprint density at radius 2 is 2.13 bits per heavy atom. The van der Waals surface area contributed by atoms with E-state index < -0.39 is 11.6 Å². The van der Waals surface area contributed by atoms with Crippen molar-refractivity contribution in [1.29, 1.82) is 0 Å². The zero-order valence-corrected chi connectivity index (χ0v) is 8.77. The first-order chi connectivity index (χ1) is 7.08. The van der Waals surface area contributed by atoms with Crippen molar-refractivity contribution in [2.75, 3.05) is 18.0 Å². The molecule has 0 bridgehead atoms. The van der Waals surface area contributed by atoms with E-state index in [0.717, 1.165) is 18.6 Å². The Morgan fingerprint density at radius 1 is 1.40 bits per heavy atom. The summed E-state index contributed by atoms with van der Waals surface area (Å²) in [4.78, 5) is 1.75. The third-order valence-electron chi connectivity index (χ3n) is 2.52. The van der Waals surface area contributed by atoms with Gasteiger partial charge in [-0.15, -0.1) is 0 Å². The lowest BCUT2D eigenvalue weighted by molar-refractivity contribution is 0.581. The molecule has 0 radical (unpaired) electrons. The van der Waals surface area contributed by atoms with Gasteiger partial charge in [0.25, 0.3) is 0 Å². The Bertz CT molecular complexity index is 361. The molecule has 2 rings (SSSR count). The highest BCUT2D eigenvalue weighted by molar-refractivity contribution is 6.33. The van der Waals surface area contributed by atoms with Gasteiger partial charge in [0, 0.05) is 25.2 Å². The molecule has 1 heterocycles. The molecule has 5 heteroatoms. The van der Waals surface area contributed by atoms with Crippen molar-refractivity contribution in [2.24, 2.45) is 5.73 Å². The van der Waals surface area contributed by atoms with Crippen molar-refractivity contribution in [3.8, 4) is 0 Å². The second-order valence-electron chi connectivity index (χ2n) is 3.71. The Morgan fingerprint density at radius 3 is 2.67 bits per heavy atom. The van der Waals surface area contributed by atoms with Gasteiger partial charge in [-0.1, -0.05) is 11.6 Å². The molecule has 1 fully saturated rings. The number of halogens is 3. The van der Waals surface area contributed by atoms with E-state index >= 15 is 0 Å². The summed E-state index contributed by atoms with van der Waals surface area (Å²) >= 11 is 5.80. The summed E-state index contributed by atoms with van der Waals surface area (Å²) in [5, 5.41) is 0.0987. The van der Waals surface area contributed by atoms with Crippen molar-refractivity contribution in [2.45, 2.75) is 12.5 Å². The van der Waals surface area contributed by atoms with E-state index in [2.05, 4.69) is 0 Å². The number of benzene rings is 1. The van der Waals surface area contributed by atoms with Gasteiger partial charge in [0.1, 0.15) is 5.82 Å². The Hall–Kier alpha value is -0.870. The fourth-order valence-corrected chi connectivity index (χ4v) is 2.14. The topological polar surface area (TPSA) is 29.3 Å². The zero-order valence-electron chi connectivity index (χ0n) is 8.01. The maximum atomic E-state index is 13.5. The predicted octanol–water partition coefficient (Wildman–Crippen LogP) is 2.16. The molecule has 82 valence electrons. The largest absolute Gasteiger partial charge is 0.366 e. The van der Waals surface area contributed by atoms with Crippen molar-refractivity contribution >= 4 is 17.3 Å². The van der Waals surface area contributed by atoms with E-state index in [-0.39, 0.29) is 16.8 Å². The van der Waals surface area contributed by atoms with Crippen LogP contribution in [0.5, 0.6) is 0 Å². The van der Waals surface area contributed by atoms with Crippen LogP contribution < -0.4 is 10.6 Å². The lowest BCUT2D eigenvalue weighted by atomic mass is 10.2. The normalized spacial score (nSPS) is 21.1. The number of hydrogen-bond acceptors (Lipinski definition) is 2. The predicted molar refractivity (Wildman–Crippen MR) is 56.2 cm³/mol. The second-order valence-corrected chi connectivity index (χ2v) is 4.12. The number of nitrogens with zero attached hydrogens (tertiary/aromatic N) is 1. The highest BCUT2D eigenvalue weighted by atomic mass is 35.5. The fraction of sp³-hybridized carbons (Fsp3) is 0.400. The van der Waals surface area contributed by atoms with Crippen LogP contribution >= 0.6 is 11.6 Å². The summed E-state index contributed by atoms with van der Waals surface area (Å²) in [6, 6.07) is 1.99. The molecule has 2 N–H and O–H groups in total. The van der Waals surface area contributed by atoms with E-state index in [1.807, 2.05) is 0 Å². The minimum Gasteiger partial charge on any atom is -0.366 e. The van der Waals surface area contributed by atoms with E-state index in [1.54, 1.807) is 4.90 Å². The summed E-state index contributed by atoms with van der Waals surface area (Å²) in [6.07, 6.45) is 0.799. The fourth-order valence-electron chi connectivity index (χ4n) is 1.83. The minimum atomic E-state index is -0.662. The molecule has 0 aliphatic carbocycles. The summed E-state index contributed by atoms with van der Waals surface area (Å²) in [7, 11) is 0. The van der Waals surface area contributed by atoms with Crippen LogP contribution in [-0.4, -0.2) is 19.1 Å². The molecular weight excluding hydrogens is 222 g/mol. The van der Waals surface area contributed by atoms with Gasteiger partial charge in [-0.2, -0.15) is 0 Å². The van der Waals surface area contributed by atoms with Crippen LogP contribution in [0.15, 0.2) is 12.1 Å². The van der Waals surface area contributed by atoms with Crippen molar-refractivity contribution in [1.82, 2.24) is 0 Å². The van der Waals surface area contributed by atoms with Gasteiger partial charge in [-0.3, -0.25) is 0 Å². The molecule has 1 aliphatic rings. The third-order valence-corrected chi connectivity index (χ3v) is 2.81. The Labute approximate surface area is 91.6 Å². The minimum absolute atomic E-state index is 0.0329. The van der Waals surface area contributed by atoms with Crippen molar-refractivity contribution in [3.05, 3.63) is 28.8 Å². The SMILES string of the molecule is NC1CCN(c2c(F)cc(F)cc2Cl)C1. The van der Waals surface area contributed by atoms with Gasteiger partial charge >= 0.3 is 0 Å². The van der Waals surface area contributed by atoms with Gasteiger partial charge in [0.15, 0.2) is 5.82 Å². The van der Waals surface area contributed by atoms with Crippen LogP contribution in [0.3, 0.4) is 0 Å². The molecule has 1 atom stereocenters. The number of hydrogen-bond donors (Lipinski definition) is 1. The van der Waals surface area contributed by atoms with Gasteiger partial charge in [0.2, 0.25) is 0 Å². The molecule has 2 nitrogen and oxygen atoms in total. The van der Waals surface area contributed by atoms with E-state index in [4.69, 9.17) is 17.3 Å². The molecule has 1 aromatic rings. The van der Waals surface area contributed by atoms with Gasteiger partial charge in [0.05, 0.1) is 10.7 Å². The number of rotatable bonds is 1. The number of nitrogens with two attached hydrogens (primary N) is 1. The summed E-state index contributed by atoms with van der Waals surface area (Å²) in [5.41, 5.74) is 5.97. The summed E-state index contributed by atoms with van der Waals surface area (Å²) in [6.45, 7) is 1.21. The Balaban J connectivity index is 2.35. The zero-order chi connectivity index (χ0) is 11.0. The van der Waals surface area contributed by atoms with Crippen LogP contribution in [-0.2, 0) is 0 Å². The van der Waals surface area contributed by atoms with E-state index in [0.29, 0.717) is 13.1 Å². The van der Waals surface area contributed by atoms with Crippen LogP contribution in [0.25, 0.3) is 0 Å². The first-order valence-corrected chi connectivity index (χ1v) is 5.11. The maximum Gasteiger partial charge on any atom is 0.150 e. The van der Waals surface area contributed by atoms with Crippen LogP contribution in [0.4, 0.5) is 14.5 Å². The average Bonchev–Trinajstić information content (AvgIpc) is 2.49. The first kappa shape index (κ1) is 10.6. The highest BCUT2D eigenvalue weighted by Crippen LogP contribution is 2.32.